The van der Waals surface area contributed by atoms with Crippen LogP contribution in [-0.2, 0) is 14.3 Å². The van der Waals surface area contributed by atoms with Gasteiger partial charge in [-0.1, -0.05) is 0 Å². The van der Waals surface area contributed by atoms with E-state index in [2.05, 4.69) is 0 Å². The quantitative estimate of drug-likeness (QED) is 0.626. The van der Waals surface area contributed by atoms with Crippen LogP contribution in [-0.4, -0.2) is 23.1 Å². The first-order valence-electron chi connectivity index (χ1n) is 5.12. The van der Waals surface area contributed by atoms with Crippen molar-refractivity contribution in [3.8, 4) is 0 Å². The zero-order valence-corrected chi connectivity index (χ0v) is 7.68. The maximum absolute atomic E-state index is 11.4. The maximum Gasteiger partial charge on any atom is 0.309 e. The molecule has 0 spiro atoms. The van der Waals surface area contributed by atoms with Gasteiger partial charge >= 0.3 is 11.9 Å². The maximum atomic E-state index is 11.4. The van der Waals surface area contributed by atoms with Crippen molar-refractivity contribution in [3.05, 3.63) is 0 Å². The molecule has 1 heterocycles. The van der Waals surface area contributed by atoms with E-state index in [0.717, 1.165) is 12.8 Å². The summed E-state index contributed by atoms with van der Waals surface area (Å²) in [7, 11) is 0. The molecule has 76 valence electrons. The van der Waals surface area contributed by atoms with Crippen LogP contribution in [0.4, 0.5) is 0 Å². The summed E-state index contributed by atoms with van der Waals surface area (Å²) in [4.78, 5) is 22.4. The minimum Gasteiger partial charge on any atom is -0.481 e. The number of carbonyl (C=O) groups is 2. The molecule has 0 aromatic heterocycles. The Morgan fingerprint density at radius 3 is 2.93 bits per heavy atom. The predicted octanol–water partition coefficient (Wildman–Crippen LogP) is 0.659. The third kappa shape index (κ3) is 0.837. The molecule has 1 aliphatic heterocycles. The molecular weight excluding hydrogens is 184 g/mol. The van der Waals surface area contributed by atoms with Crippen LogP contribution in [0, 0.1) is 23.7 Å². The average molecular weight is 196 g/mol. The van der Waals surface area contributed by atoms with Gasteiger partial charge in [-0.3, -0.25) is 9.59 Å². The van der Waals surface area contributed by atoms with Gasteiger partial charge < -0.3 is 9.84 Å². The highest BCUT2D eigenvalue weighted by molar-refractivity contribution is 5.79. The van der Waals surface area contributed by atoms with Crippen molar-refractivity contribution in [2.45, 2.75) is 25.4 Å². The lowest BCUT2D eigenvalue weighted by Crippen LogP contribution is -2.20. The molecule has 0 aromatic rings. The highest BCUT2D eigenvalue weighted by Gasteiger charge is 2.60. The van der Waals surface area contributed by atoms with E-state index in [1.165, 1.54) is 0 Å². The fourth-order valence-electron chi connectivity index (χ4n) is 3.56. The molecule has 0 aromatic carbocycles. The standard InChI is InChI=1S/C10H12O4/c11-9(12)5-3-6-8-4(5)1-2-7(8)14-10(6)13/h4-8H,1-3H2,(H,11,12)/t4-,5+,6-,7+,8-/m1/s1. The van der Waals surface area contributed by atoms with Gasteiger partial charge in [-0.2, -0.15) is 0 Å². The molecule has 3 fully saturated rings. The van der Waals surface area contributed by atoms with Gasteiger partial charge in [0.25, 0.3) is 0 Å². The number of carbonyl (C=O) groups excluding carboxylic acids is 1. The molecular formula is C10H12O4. The molecule has 2 aliphatic carbocycles. The smallest absolute Gasteiger partial charge is 0.309 e. The Hall–Kier alpha value is -1.06. The number of hydrogen-bond acceptors (Lipinski definition) is 3. The monoisotopic (exact) mass is 196 g/mol. The lowest BCUT2D eigenvalue weighted by molar-refractivity contribution is -0.146. The third-order valence-electron chi connectivity index (χ3n) is 4.08. The Kier molecular flexibility index (Phi) is 1.47. The van der Waals surface area contributed by atoms with E-state index in [9.17, 15) is 9.59 Å². The zero-order valence-electron chi connectivity index (χ0n) is 7.68. The minimum atomic E-state index is -0.738. The summed E-state index contributed by atoms with van der Waals surface area (Å²) in [5.41, 5.74) is 0. The van der Waals surface area contributed by atoms with Gasteiger partial charge in [0.2, 0.25) is 0 Å². The summed E-state index contributed by atoms with van der Waals surface area (Å²) in [6.45, 7) is 0. The summed E-state index contributed by atoms with van der Waals surface area (Å²) in [6, 6.07) is 0. The topological polar surface area (TPSA) is 63.6 Å². The number of carboxylic acids is 1. The number of hydrogen-bond donors (Lipinski definition) is 1. The molecule has 1 N–H and O–H groups in total. The van der Waals surface area contributed by atoms with Crippen LogP contribution in [0.5, 0.6) is 0 Å². The van der Waals surface area contributed by atoms with Crippen molar-refractivity contribution in [1.29, 1.82) is 0 Å². The molecule has 0 bridgehead atoms. The lowest BCUT2D eigenvalue weighted by Gasteiger charge is -2.13. The van der Waals surface area contributed by atoms with Crippen molar-refractivity contribution < 1.29 is 19.4 Å². The van der Waals surface area contributed by atoms with Crippen LogP contribution in [0.1, 0.15) is 19.3 Å². The molecule has 4 nitrogen and oxygen atoms in total. The molecule has 2 saturated carbocycles. The van der Waals surface area contributed by atoms with Gasteiger partial charge in [0.15, 0.2) is 0 Å². The molecule has 1 saturated heterocycles. The molecule has 14 heavy (non-hydrogen) atoms. The molecule has 0 radical (unpaired) electrons. The van der Waals surface area contributed by atoms with E-state index < -0.39 is 5.97 Å². The van der Waals surface area contributed by atoms with Gasteiger partial charge in [0.1, 0.15) is 6.10 Å². The van der Waals surface area contributed by atoms with Crippen molar-refractivity contribution in [3.63, 3.8) is 0 Å². The highest BCUT2D eigenvalue weighted by Crippen LogP contribution is 2.55. The first kappa shape index (κ1) is 8.26. The first-order valence-corrected chi connectivity index (χ1v) is 5.12. The van der Waals surface area contributed by atoms with Crippen molar-refractivity contribution in [2.24, 2.45) is 23.7 Å². The van der Waals surface area contributed by atoms with Crippen LogP contribution < -0.4 is 0 Å². The van der Waals surface area contributed by atoms with Crippen LogP contribution in [0.15, 0.2) is 0 Å². The Morgan fingerprint density at radius 1 is 1.43 bits per heavy atom. The number of rotatable bonds is 1. The Morgan fingerprint density at radius 2 is 2.21 bits per heavy atom. The number of esters is 1. The van der Waals surface area contributed by atoms with Gasteiger partial charge in [-0.05, 0) is 25.2 Å². The second-order valence-corrected chi connectivity index (χ2v) is 4.58. The Labute approximate surface area is 81.2 Å². The Balaban J connectivity index is 1.94. The summed E-state index contributed by atoms with van der Waals surface area (Å²) >= 11 is 0. The summed E-state index contributed by atoms with van der Waals surface area (Å²) < 4.78 is 5.22. The van der Waals surface area contributed by atoms with Gasteiger partial charge in [0.05, 0.1) is 11.8 Å². The van der Waals surface area contributed by atoms with Gasteiger partial charge in [0, 0.05) is 5.92 Å². The van der Waals surface area contributed by atoms with Crippen LogP contribution >= 0.6 is 0 Å². The minimum absolute atomic E-state index is 0.0295. The van der Waals surface area contributed by atoms with Crippen molar-refractivity contribution >= 4 is 11.9 Å². The SMILES string of the molecule is O=C(O)[C@H]1C[C@H]2C(=O)O[C@H]3CC[C@H]1[C@@H]32. The largest absolute Gasteiger partial charge is 0.481 e. The normalized spacial score (nSPS) is 49.1. The van der Waals surface area contributed by atoms with E-state index in [1.54, 1.807) is 0 Å². The molecule has 3 rings (SSSR count). The van der Waals surface area contributed by atoms with Crippen molar-refractivity contribution in [2.75, 3.05) is 0 Å². The molecule has 0 unspecified atom stereocenters. The van der Waals surface area contributed by atoms with Crippen LogP contribution in [0.2, 0.25) is 0 Å². The molecule has 5 atom stereocenters. The second kappa shape index (κ2) is 2.49. The fourth-order valence-corrected chi connectivity index (χ4v) is 3.56. The molecule has 3 aliphatic rings. The van der Waals surface area contributed by atoms with Crippen LogP contribution in [0.25, 0.3) is 0 Å². The van der Waals surface area contributed by atoms with Gasteiger partial charge in [-0.25, -0.2) is 0 Å². The van der Waals surface area contributed by atoms with E-state index in [-0.39, 0.29) is 35.7 Å². The predicted molar refractivity (Wildman–Crippen MR) is 45.3 cm³/mol. The molecule has 4 heteroatoms. The zero-order chi connectivity index (χ0) is 9.87. The highest BCUT2D eigenvalue weighted by atomic mass is 16.6. The van der Waals surface area contributed by atoms with Crippen molar-refractivity contribution in [1.82, 2.24) is 0 Å². The average Bonchev–Trinajstić information content (AvgIpc) is 2.69. The van der Waals surface area contributed by atoms with E-state index in [1.807, 2.05) is 0 Å². The van der Waals surface area contributed by atoms with E-state index in [0.29, 0.717) is 6.42 Å². The lowest BCUT2D eigenvalue weighted by atomic mass is 9.91. The third-order valence-corrected chi connectivity index (χ3v) is 4.08. The first-order chi connectivity index (χ1) is 6.68. The summed E-state index contributed by atoms with van der Waals surface area (Å²) in [6.07, 6.45) is 2.30. The summed E-state index contributed by atoms with van der Waals surface area (Å²) in [5, 5.41) is 9.02. The number of aliphatic carboxylic acids is 1. The van der Waals surface area contributed by atoms with Gasteiger partial charge in [-0.15, -0.1) is 0 Å². The number of carboxylic acid groups (broad SMARTS) is 1. The second-order valence-electron chi connectivity index (χ2n) is 4.58. The van der Waals surface area contributed by atoms with Crippen LogP contribution in [0.3, 0.4) is 0 Å². The van der Waals surface area contributed by atoms with E-state index in [4.69, 9.17) is 9.84 Å². The Bertz CT molecular complexity index is 311. The summed E-state index contributed by atoms with van der Waals surface area (Å²) in [5.74, 6) is -0.916. The molecule has 0 amide bonds. The fraction of sp³-hybridized carbons (Fsp3) is 0.800. The number of ether oxygens (including phenoxy) is 1. The van der Waals surface area contributed by atoms with E-state index >= 15 is 0 Å².